The normalized spacial score (nSPS) is 22.6. The molecule has 0 N–H and O–H groups in total. The molecule has 2 aromatic heterocycles. The van der Waals surface area contributed by atoms with Crippen molar-refractivity contribution in [2.45, 2.75) is 39.0 Å². The second kappa shape index (κ2) is 5.05. The van der Waals surface area contributed by atoms with Gasteiger partial charge in [0.2, 0.25) is 0 Å². The van der Waals surface area contributed by atoms with E-state index in [1.807, 2.05) is 11.3 Å². The summed E-state index contributed by atoms with van der Waals surface area (Å²) in [6, 6.07) is 0. The SMILES string of the molecule is C[C@@H]1CCc2c(sc3ncnc(N4CCC(=O)CC4)c23)C1. The number of hydrogen-bond acceptors (Lipinski definition) is 5. The summed E-state index contributed by atoms with van der Waals surface area (Å²) in [6.45, 7) is 3.92. The summed E-state index contributed by atoms with van der Waals surface area (Å²) >= 11 is 1.84. The fraction of sp³-hybridized carbons (Fsp3) is 0.562. The van der Waals surface area contributed by atoms with Crippen molar-refractivity contribution >= 4 is 33.2 Å². The number of nitrogens with zero attached hydrogens (tertiary/aromatic N) is 3. The molecular weight excluding hydrogens is 282 g/mol. The molecule has 0 unspecified atom stereocenters. The maximum Gasteiger partial charge on any atom is 0.141 e. The third-order valence-electron chi connectivity index (χ3n) is 4.69. The van der Waals surface area contributed by atoms with Crippen LogP contribution < -0.4 is 4.90 Å². The number of hydrogen-bond donors (Lipinski definition) is 0. The molecule has 0 amide bonds. The van der Waals surface area contributed by atoms with Crippen LogP contribution in [0.1, 0.15) is 36.6 Å². The number of Topliss-reactive ketones (excluding diaryl/α,β-unsaturated/α-hetero) is 1. The van der Waals surface area contributed by atoms with Crippen molar-refractivity contribution in [3.8, 4) is 0 Å². The summed E-state index contributed by atoms with van der Waals surface area (Å²) in [4.78, 5) is 25.4. The molecule has 2 aromatic rings. The van der Waals surface area contributed by atoms with E-state index < -0.39 is 0 Å². The molecule has 1 aliphatic carbocycles. The monoisotopic (exact) mass is 301 g/mol. The standard InChI is InChI=1S/C16H19N3OS/c1-10-2-3-12-13(8-10)21-16-14(12)15(17-9-18-16)19-6-4-11(20)5-7-19/h9-10H,2-8H2,1H3/t10-/m1/s1. The van der Waals surface area contributed by atoms with Crippen LogP contribution in [0.2, 0.25) is 0 Å². The van der Waals surface area contributed by atoms with Gasteiger partial charge in [-0.2, -0.15) is 0 Å². The maximum atomic E-state index is 11.5. The number of carbonyl (C=O) groups excluding carboxylic acids is 1. The highest BCUT2D eigenvalue weighted by Crippen LogP contribution is 2.40. The van der Waals surface area contributed by atoms with Gasteiger partial charge in [-0.1, -0.05) is 6.92 Å². The number of piperidine rings is 1. The zero-order valence-corrected chi connectivity index (χ0v) is 13.1. The van der Waals surface area contributed by atoms with E-state index >= 15 is 0 Å². The van der Waals surface area contributed by atoms with Gasteiger partial charge in [0.25, 0.3) is 0 Å². The minimum Gasteiger partial charge on any atom is -0.355 e. The third kappa shape index (κ3) is 2.24. The molecule has 0 radical (unpaired) electrons. The molecular formula is C16H19N3OS. The summed E-state index contributed by atoms with van der Waals surface area (Å²) in [5.74, 6) is 2.20. The predicted molar refractivity (Wildman–Crippen MR) is 85.1 cm³/mol. The molecule has 0 aromatic carbocycles. The number of anilines is 1. The highest BCUT2D eigenvalue weighted by Gasteiger charge is 2.26. The summed E-state index contributed by atoms with van der Waals surface area (Å²) in [5.41, 5.74) is 1.47. The molecule has 5 heteroatoms. The molecule has 3 heterocycles. The quantitative estimate of drug-likeness (QED) is 0.812. The summed E-state index contributed by atoms with van der Waals surface area (Å²) < 4.78 is 0. The molecule has 1 aliphatic heterocycles. The Balaban J connectivity index is 1.80. The van der Waals surface area contributed by atoms with Crippen molar-refractivity contribution in [3.05, 3.63) is 16.8 Å². The van der Waals surface area contributed by atoms with Crippen molar-refractivity contribution in [2.24, 2.45) is 5.92 Å². The number of carbonyl (C=O) groups is 1. The number of aryl methyl sites for hydroxylation is 1. The van der Waals surface area contributed by atoms with Gasteiger partial charge in [0.1, 0.15) is 22.8 Å². The van der Waals surface area contributed by atoms with Crippen molar-refractivity contribution in [2.75, 3.05) is 18.0 Å². The Labute approximate surface area is 128 Å². The molecule has 21 heavy (non-hydrogen) atoms. The Hall–Kier alpha value is -1.49. The lowest BCUT2D eigenvalue weighted by Gasteiger charge is -2.28. The highest BCUT2D eigenvalue weighted by molar-refractivity contribution is 7.19. The first-order chi connectivity index (χ1) is 10.2. The summed E-state index contributed by atoms with van der Waals surface area (Å²) in [5, 5.41) is 1.26. The predicted octanol–water partition coefficient (Wildman–Crippen LogP) is 2.99. The van der Waals surface area contributed by atoms with E-state index in [9.17, 15) is 4.79 Å². The minimum absolute atomic E-state index is 0.373. The molecule has 1 fully saturated rings. The number of aromatic nitrogens is 2. The topological polar surface area (TPSA) is 46.1 Å². The largest absolute Gasteiger partial charge is 0.355 e. The highest BCUT2D eigenvalue weighted by atomic mass is 32.1. The van der Waals surface area contributed by atoms with Crippen LogP contribution in [0.5, 0.6) is 0 Å². The number of fused-ring (bicyclic) bond motifs is 3. The molecule has 2 aliphatic rings. The van der Waals surface area contributed by atoms with Gasteiger partial charge in [-0.3, -0.25) is 4.79 Å². The van der Waals surface area contributed by atoms with Crippen LogP contribution in [-0.2, 0) is 17.6 Å². The van der Waals surface area contributed by atoms with Crippen LogP contribution in [-0.4, -0.2) is 28.8 Å². The Morgan fingerprint density at radius 3 is 2.86 bits per heavy atom. The van der Waals surface area contributed by atoms with E-state index in [1.165, 1.54) is 28.7 Å². The van der Waals surface area contributed by atoms with Gasteiger partial charge in [0.15, 0.2) is 0 Å². The van der Waals surface area contributed by atoms with Gasteiger partial charge in [-0.05, 0) is 30.7 Å². The second-order valence-corrected chi connectivity index (χ2v) is 7.34. The molecule has 1 atom stereocenters. The number of rotatable bonds is 1. The van der Waals surface area contributed by atoms with Gasteiger partial charge in [0.05, 0.1) is 5.39 Å². The van der Waals surface area contributed by atoms with E-state index in [2.05, 4.69) is 21.8 Å². The fourth-order valence-corrected chi connectivity index (χ4v) is 4.81. The van der Waals surface area contributed by atoms with Crippen LogP contribution in [0, 0.1) is 5.92 Å². The molecule has 0 spiro atoms. The zero-order valence-electron chi connectivity index (χ0n) is 12.3. The van der Waals surface area contributed by atoms with Gasteiger partial charge in [-0.25, -0.2) is 9.97 Å². The lowest BCUT2D eigenvalue weighted by molar-refractivity contribution is -0.119. The van der Waals surface area contributed by atoms with Crippen molar-refractivity contribution in [1.82, 2.24) is 9.97 Å². The Bertz CT molecular complexity index is 699. The lowest BCUT2D eigenvalue weighted by Crippen LogP contribution is -2.34. The van der Waals surface area contributed by atoms with Crippen LogP contribution in [0.15, 0.2) is 6.33 Å². The second-order valence-electron chi connectivity index (χ2n) is 6.25. The number of ketones is 1. The maximum absolute atomic E-state index is 11.5. The molecule has 1 saturated heterocycles. The van der Waals surface area contributed by atoms with Gasteiger partial charge in [-0.15, -0.1) is 11.3 Å². The third-order valence-corrected chi connectivity index (χ3v) is 5.85. The average Bonchev–Trinajstić information content (AvgIpc) is 2.85. The first kappa shape index (κ1) is 13.2. The fourth-order valence-electron chi connectivity index (χ4n) is 3.47. The van der Waals surface area contributed by atoms with E-state index in [4.69, 9.17) is 0 Å². The van der Waals surface area contributed by atoms with Crippen LogP contribution in [0.4, 0.5) is 5.82 Å². The van der Waals surface area contributed by atoms with E-state index in [0.29, 0.717) is 18.6 Å². The van der Waals surface area contributed by atoms with Gasteiger partial charge >= 0.3 is 0 Å². The molecule has 0 saturated carbocycles. The Kier molecular flexibility index (Phi) is 3.17. The molecule has 110 valence electrons. The molecule has 4 nitrogen and oxygen atoms in total. The first-order valence-corrected chi connectivity index (χ1v) is 8.56. The summed E-state index contributed by atoms with van der Waals surface area (Å²) in [6.07, 6.45) is 6.55. The van der Waals surface area contributed by atoms with Crippen LogP contribution in [0.3, 0.4) is 0 Å². The average molecular weight is 301 g/mol. The van der Waals surface area contributed by atoms with Crippen molar-refractivity contribution < 1.29 is 4.79 Å². The first-order valence-electron chi connectivity index (χ1n) is 7.74. The van der Waals surface area contributed by atoms with E-state index in [-0.39, 0.29) is 0 Å². The van der Waals surface area contributed by atoms with Gasteiger partial charge in [0, 0.05) is 30.8 Å². The smallest absolute Gasteiger partial charge is 0.141 e. The zero-order chi connectivity index (χ0) is 14.4. The van der Waals surface area contributed by atoms with Gasteiger partial charge < -0.3 is 4.90 Å². The van der Waals surface area contributed by atoms with E-state index in [1.54, 1.807) is 6.33 Å². The minimum atomic E-state index is 0.373. The Morgan fingerprint density at radius 1 is 1.24 bits per heavy atom. The van der Waals surface area contributed by atoms with Crippen molar-refractivity contribution in [1.29, 1.82) is 0 Å². The van der Waals surface area contributed by atoms with E-state index in [0.717, 1.165) is 36.1 Å². The lowest BCUT2D eigenvalue weighted by atomic mass is 9.89. The van der Waals surface area contributed by atoms with Crippen LogP contribution >= 0.6 is 11.3 Å². The summed E-state index contributed by atoms with van der Waals surface area (Å²) in [7, 11) is 0. The molecule has 0 bridgehead atoms. The Morgan fingerprint density at radius 2 is 2.05 bits per heavy atom. The number of thiophene rings is 1. The van der Waals surface area contributed by atoms with Crippen LogP contribution in [0.25, 0.3) is 10.2 Å². The van der Waals surface area contributed by atoms with Crippen molar-refractivity contribution in [3.63, 3.8) is 0 Å². The molecule has 4 rings (SSSR count).